The number of carboxylic acids is 2. The van der Waals surface area contributed by atoms with Gasteiger partial charge in [0.2, 0.25) is 0 Å². The minimum Gasteiger partial charge on any atom is -0.478 e. The van der Waals surface area contributed by atoms with E-state index in [0.29, 0.717) is 13.2 Å². The molecule has 5 heteroatoms. The van der Waals surface area contributed by atoms with Crippen LogP contribution in [0.2, 0.25) is 0 Å². The lowest BCUT2D eigenvalue weighted by molar-refractivity contribution is 0.0686. The topological polar surface area (TPSA) is 83.8 Å². The molecule has 2 aromatic carbocycles. The minimum atomic E-state index is -0.957. The first kappa shape index (κ1) is 14.7. The highest BCUT2D eigenvalue weighted by Crippen LogP contribution is 2.09. The van der Waals surface area contributed by atoms with Crippen molar-refractivity contribution in [2.45, 2.75) is 13.2 Å². The molecule has 5 nitrogen and oxygen atoms in total. The Hall–Kier alpha value is -2.66. The molecule has 2 aromatic rings. The van der Waals surface area contributed by atoms with Crippen LogP contribution in [0.15, 0.2) is 48.5 Å². The number of aromatic carboxylic acids is 2. The Labute approximate surface area is 121 Å². The number of hydrogen-bond acceptors (Lipinski definition) is 3. The van der Waals surface area contributed by atoms with E-state index in [1.54, 1.807) is 24.3 Å². The fraction of sp³-hybridized carbons (Fsp3) is 0.125. The average molecular weight is 286 g/mol. The molecule has 0 amide bonds. The summed E-state index contributed by atoms with van der Waals surface area (Å²) in [6.45, 7) is 0.723. The molecular weight excluding hydrogens is 272 g/mol. The van der Waals surface area contributed by atoms with E-state index in [-0.39, 0.29) is 11.1 Å². The zero-order chi connectivity index (χ0) is 15.2. The maximum Gasteiger partial charge on any atom is 0.335 e. The predicted octanol–water partition coefficient (Wildman–Crippen LogP) is 2.80. The Morgan fingerprint density at radius 2 is 1.05 bits per heavy atom. The van der Waals surface area contributed by atoms with Gasteiger partial charge in [0.25, 0.3) is 0 Å². The molecule has 0 bridgehead atoms. The number of benzene rings is 2. The molecule has 108 valence electrons. The van der Waals surface area contributed by atoms with Crippen molar-refractivity contribution in [1.82, 2.24) is 0 Å². The summed E-state index contributed by atoms with van der Waals surface area (Å²) in [5.41, 5.74) is 2.23. The predicted molar refractivity (Wildman–Crippen MR) is 75.3 cm³/mol. The molecule has 0 atom stereocenters. The van der Waals surface area contributed by atoms with Gasteiger partial charge in [0, 0.05) is 0 Å². The number of carboxylic acid groups (broad SMARTS) is 2. The van der Waals surface area contributed by atoms with Gasteiger partial charge in [-0.1, -0.05) is 24.3 Å². The normalized spacial score (nSPS) is 10.3. The summed E-state index contributed by atoms with van der Waals surface area (Å²) in [5, 5.41) is 17.6. The van der Waals surface area contributed by atoms with Crippen molar-refractivity contribution in [3.8, 4) is 0 Å². The smallest absolute Gasteiger partial charge is 0.335 e. The molecule has 0 aromatic heterocycles. The lowest BCUT2D eigenvalue weighted by atomic mass is 10.1. The van der Waals surface area contributed by atoms with Crippen LogP contribution in [0.1, 0.15) is 31.8 Å². The van der Waals surface area contributed by atoms with Crippen molar-refractivity contribution in [2.24, 2.45) is 0 Å². The molecule has 21 heavy (non-hydrogen) atoms. The Kier molecular flexibility index (Phi) is 4.68. The molecule has 0 spiro atoms. The highest BCUT2D eigenvalue weighted by atomic mass is 16.5. The first-order valence-electron chi connectivity index (χ1n) is 6.28. The second-order valence-corrected chi connectivity index (χ2v) is 4.50. The van der Waals surface area contributed by atoms with Crippen molar-refractivity contribution < 1.29 is 24.5 Å². The van der Waals surface area contributed by atoms with Gasteiger partial charge in [0.05, 0.1) is 24.3 Å². The molecule has 0 aliphatic rings. The van der Waals surface area contributed by atoms with Crippen LogP contribution in [-0.4, -0.2) is 22.2 Å². The highest BCUT2D eigenvalue weighted by molar-refractivity contribution is 5.87. The summed E-state index contributed by atoms with van der Waals surface area (Å²) in [6, 6.07) is 12.9. The number of carbonyl (C=O) groups is 2. The minimum absolute atomic E-state index is 0.239. The third kappa shape index (κ3) is 4.15. The first-order chi connectivity index (χ1) is 10.1. The largest absolute Gasteiger partial charge is 0.478 e. The Morgan fingerprint density at radius 3 is 1.33 bits per heavy atom. The molecule has 2 N–H and O–H groups in total. The van der Waals surface area contributed by atoms with Crippen molar-refractivity contribution in [1.29, 1.82) is 0 Å². The molecule has 0 unspecified atom stereocenters. The van der Waals surface area contributed by atoms with Gasteiger partial charge in [-0.25, -0.2) is 9.59 Å². The molecule has 0 saturated carbocycles. The lowest BCUT2D eigenvalue weighted by Gasteiger charge is -2.05. The van der Waals surface area contributed by atoms with Gasteiger partial charge in [-0.15, -0.1) is 0 Å². The highest BCUT2D eigenvalue weighted by Gasteiger charge is 2.03. The lowest BCUT2D eigenvalue weighted by Crippen LogP contribution is -1.99. The summed E-state index contributed by atoms with van der Waals surface area (Å²) < 4.78 is 5.51. The summed E-state index contributed by atoms with van der Waals surface area (Å²) in [5.74, 6) is -1.91. The van der Waals surface area contributed by atoms with E-state index in [9.17, 15) is 9.59 Å². The zero-order valence-corrected chi connectivity index (χ0v) is 11.2. The zero-order valence-electron chi connectivity index (χ0n) is 11.2. The SMILES string of the molecule is O=C(O)c1ccc(COCc2ccc(C(=O)O)cc2)cc1. The van der Waals surface area contributed by atoms with E-state index in [2.05, 4.69) is 0 Å². The molecular formula is C16H14O5. The van der Waals surface area contributed by atoms with Crippen LogP contribution in [0.5, 0.6) is 0 Å². The van der Waals surface area contributed by atoms with E-state index in [0.717, 1.165) is 11.1 Å². The quantitative estimate of drug-likeness (QED) is 0.853. The molecule has 0 heterocycles. The fourth-order valence-corrected chi connectivity index (χ4v) is 1.77. The van der Waals surface area contributed by atoms with Crippen LogP contribution in [0.25, 0.3) is 0 Å². The van der Waals surface area contributed by atoms with E-state index < -0.39 is 11.9 Å². The fourth-order valence-electron chi connectivity index (χ4n) is 1.77. The van der Waals surface area contributed by atoms with Gasteiger partial charge in [0.15, 0.2) is 0 Å². The van der Waals surface area contributed by atoms with Crippen LogP contribution in [-0.2, 0) is 18.0 Å². The van der Waals surface area contributed by atoms with Crippen LogP contribution >= 0.6 is 0 Å². The van der Waals surface area contributed by atoms with Crippen LogP contribution in [0.4, 0.5) is 0 Å². The maximum absolute atomic E-state index is 10.7. The van der Waals surface area contributed by atoms with Gasteiger partial charge in [-0.05, 0) is 35.4 Å². The Morgan fingerprint density at radius 1 is 0.714 bits per heavy atom. The molecule has 0 saturated heterocycles. The van der Waals surface area contributed by atoms with Crippen LogP contribution in [0, 0.1) is 0 Å². The van der Waals surface area contributed by atoms with Gasteiger partial charge in [-0.3, -0.25) is 0 Å². The van der Waals surface area contributed by atoms with Crippen molar-refractivity contribution in [3.63, 3.8) is 0 Å². The van der Waals surface area contributed by atoms with Crippen molar-refractivity contribution in [3.05, 3.63) is 70.8 Å². The number of ether oxygens (including phenoxy) is 1. The number of rotatable bonds is 6. The van der Waals surface area contributed by atoms with Crippen molar-refractivity contribution >= 4 is 11.9 Å². The third-order valence-electron chi connectivity index (χ3n) is 2.94. The molecule has 0 aliphatic heterocycles. The average Bonchev–Trinajstić information content (AvgIpc) is 2.48. The standard InChI is InChI=1S/C16H14O5/c17-15(18)13-5-1-11(2-6-13)9-21-10-12-3-7-14(8-4-12)16(19)20/h1-8H,9-10H2,(H,17,18)(H,19,20). The summed E-state index contributed by atoms with van der Waals surface area (Å²) >= 11 is 0. The molecule has 0 aliphatic carbocycles. The second kappa shape index (κ2) is 6.67. The third-order valence-corrected chi connectivity index (χ3v) is 2.94. The first-order valence-corrected chi connectivity index (χ1v) is 6.28. The van der Waals surface area contributed by atoms with Gasteiger partial charge in [-0.2, -0.15) is 0 Å². The van der Waals surface area contributed by atoms with E-state index >= 15 is 0 Å². The van der Waals surface area contributed by atoms with Crippen molar-refractivity contribution in [2.75, 3.05) is 0 Å². The molecule has 0 fully saturated rings. The molecule has 2 rings (SSSR count). The maximum atomic E-state index is 10.7. The van der Waals surface area contributed by atoms with Gasteiger partial charge < -0.3 is 14.9 Å². The van der Waals surface area contributed by atoms with Gasteiger partial charge in [0.1, 0.15) is 0 Å². The van der Waals surface area contributed by atoms with Crippen LogP contribution < -0.4 is 0 Å². The summed E-state index contributed by atoms with van der Waals surface area (Å²) in [6.07, 6.45) is 0. The monoisotopic (exact) mass is 286 g/mol. The van der Waals surface area contributed by atoms with Gasteiger partial charge >= 0.3 is 11.9 Å². The van der Waals surface area contributed by atoms with E-state index in [1.165, 1.54) is 24.3 Å². The Balaban J connectivity index is 1.86. The Bertz CT molecular complexity index is 571. The van der Waals surface area contributed by atoms with E-state index in [1.807, 2.05) is 0 Å². The summed E-state index contributed by atoms with van der Waals surface area (Å²) in [4.78, 5) is 21.4. The number of hydrogen-bond donors (Lipinski definition) is 2. The van der Waals surface area contributed by atoms with Crippen LogP contribution in [0.3, 0.4) is 0 Å². The summed E-state index contributed by atoms with van der Waals surface area (Å²) in [7, 11) is 0. The second-order valence-electron chi connectivity index (χ2n) is 4.50. The van der Waals surface area contributed by atoms with E-state index in [4.69, 9.17) is 14.9 Å². The molecule has 0 radical (unpaired) electrons.